The molecule has 0 bridgehead atoms. The first-order valence-electron chi connectivity index (χ1n) is 8.73. The van der Waals surface area contributed by atoms with E-state index < -0.39 is 0 Å². The second kappa shape index (κ2) is 7.19. The summed E-state index contributed by atoms with van der Waals surface area (Å²) in [5.74, 6) is 2.40. The zero-order valence-electron chi connectivity index (χ0n) is 14.1. The van der Waals surface area contributed by atoms with Gasteiger partial charge < -0.3 is 19.2 Å². The molecule has 0 radical (unpaired) electrons. The second-order valence-electron chi connectivity index (χ2n) is 6.36. The molecule has 0 aliphatic carbocycles. The number of rotatable bonds is 5. The fourth-order valence-corrected chi connectivity index (χ4v) is 3.57. The van der Waals surface area contributed by atoms with Crippen molar-refractivity contribution >= 4 is 5.91 Å². The van der Waals surface area contributed by atoms with Crippen LogP contribution in [0, 0.1) is 0 Å². The molecule has 0 saturated carbocycles. The predicted molar refractivity (Wildman–Crippen MR) is 91.5 cm³/mol. The number of carbonyl (C=O) groups excluding carboxylic acids is 1. The first kappa shape index (κ1) is 16.0. The van der Waals surface area contributed by atoms with E-state index in [-0.39, 0.29) is 11.9 Å². The summed E-state index contributed by atoms with van der Waals surface area (Å²) < 4.78 is 16.8. The van der Waals surface area contributed by atoms with E-state index in [0.29, 0.717) is 26.3 Å². The van der Waals surface area contributed by atoms with Gasteiger partial charge in [0.2, 0.25) is 5.91 Å². The van der Waals surface area contributed by atoms with Crippen LogP contribution in [-0.4, -0.2) is 37.1 Å². The van der Waals surface area contributed by atoms with Crippen molar-refractivity contribution in [2.24, 2.45) is 0 Å². The van der Waals surface area contributed by atoms with Crippen molar-refractivity contribution in [3.05, 3.63) is 47.9 Å². The van der Waals surface area contributed by atoms with E-state index in [4.69, 9.17) is 13.9 Å². The van der Waals surface area contributed by atoms with Crippen molar-refractivity contribution in [1.82, 2.24) is 10.2 Å². The van der Waals surface area contributed by atoms with Gasteiger partial charge in [-0.3, -0.25) is 9.69 Å². The number of nitrogens with zero attached hydrogens (tertiary/aromatic N) is 1. The van der Waals surface area contributed by atoms with E-state index in [1.54, 1.807) is 6.26 Å². The van der Waals surface area contributed by atoms with Gasteiger partial charge >= 0.3 is 0 Å². The molecule has 1 amide bonds. The number of carbonyl (C=O) groups is 1. The molecular formula is C19H22N2O4. The first-order chi connectivity index (χ1) is 12.3. The highest BCUT2D eigenvalue weighted by atomic mass is 16.6. The standard InChI is InChI=1S/C19H22N2O4/c22-18(20-12-14-4-3-9-23-14)13-21-8-2-6-16(21)15-5-1-7-17-19(15)25-11-10-24-17/h1,3-5,7,9,16H,2,6,8,10-13H2,(H,20,22)/t16-/m1/s1. The molecule has 1 aromatic heterocycles. The third-order valence-corrected chi connectivity index (χ3v) is 4.71. The van der Waals surface area contributed by atoms with E-state index in [9.17, 15) is 4.79 Å². The number of para-hydroxylation sites is 1. The molecule has 132 valence electrons. The number of likely N-dealkylation sites (tertiary alicyclic amines) is 1. The smallest absolute Gasteiger partial charge is 0.234 e. The van der Waals surface area contributed by atoms with Crippen molar-refractivity contribution in [3.63, 3.8) is 0 Å². The number of benzene rings is 1. The molecule has 2 aliphatic rings. The SMILES string of the molecule is O=C(CN1CCC[C@@H]1c1cccc2c1OCCO2)NCc1ccco1. The zero-order chi connectivity index (χ0) is 17.1. The van der Waals surface area contributed by atoms with Gasteiger partial charge in [-0.1, -0.05) is 12.1 Å². The van der Waals surface area contributed by atoms with E-state index >= 15 is 0 Å². The summed E-state index contributed by atoms with van der Waals surface area (Å²) in [6.45, 7) is 2.85. The van der Waals surface area contributed by atoms with Crippen LogP contribution in [0.1, 0.15) is 30.2 Å². The summed E-state index contributed by atoms with van der Waals surface area (Å²) in [4.78, 5) is 14.5. The van der Waals surface area contributed by atoms with E-state index in [1.165, 1.54) is 0 Å². The van der Waals surface area contributed by atoms with Crippen LogP contribution in [0.3, 0.4) is 0 Å². The fourth-order valence-electron chi connectivity index (χ4n) is 3.57. The lowest BCUT2D eigenvalue weighted by atomic mass is 10.0. The third kappa shape index (κ3) is 3.49. The summed E-state index contributed by atoms with van der Waals surface area (Å²) in [7, 11) is 0. The summed E-state index contributed by atoms with van der Waals surface area (Å²) in [5.41, 5.74) is 1.12. The average Bonchev–Trinajstić information content (AvgIpc) is 3.31. The Hall–Kier alpha value is -2.47. The molecule has 2 aromatic rings. The van der Waals surface area contributed by atoms with E-state index in [0.717, 1.165) is 42.2 Å². The van der Waals surface area contributed by atoms with Gasteiger partial charge in [0.05, 0.1) is 19.4 Å². The van der Waals surface area contributed by atoms with Gasteiger partial charge in [-0.2, -0.15) is 0 Å². The number of furan rings is 1. The quantitative estimate of drug-likeness (QED) is 0.904. The molecule has 1 atom stereocenters. The minimum Gasteiger partial charge on any atom is -0.486 e. The number of amides is 1. The van der Waals surface area contributed by atoms with Gasteiger partial charge in [-0.25, -0.2) is 0 Å². The number of hydrogen-bond donors (Lipinski definition) is 1. The lowest BCUT2D eigenvalue weighted by molar-refractivity contribution is -0.122. The summed E-state index contributed by atoms with van der Waals surface area (Å²) >= 11 is 0. The van der Waals surface area contributed by atoms with Crippen LogP contribution < -0.4 is 14.8 Å². The third-order valence-electron chi connectivity index (χ3n) is 4.71. The van der Waals surface area contributed by atoms with Crippen molar-refractivity contribution in [2.45, 2.75) is 25.4 Å². The fraction of sp³-hybridized carbons (Fsp3) is 0.421. The van der Waals surface area contributed by atoms with Gasteiger partial charge in [0, 0.05) is 11.6 Å². The molecule has 1 aromatic carbocycles. The van der Waals surface area contributed by atoms with Crippen LogP contribution >= 0.6 is 0 Å². The van der Waals surface area contributed by atoms with Crippen LogP contribution in [0.2, 0.25) is 0 Å². The summed E-state index contributed by atoms with van der Waals surface area (Å²) in [5, 5.41) is 2.92. The Morgan fingerprint density at radius 3 is 3.00 bits per heavy atom. The molecule has 0 unspecified atom stereocenters. The molecule has 1 fully saturated rings. The minimum absolute atomic E-state index is 0.00488. The average molecular weight is 342 g/mol. The Morgan fingerprint density at radius 2 is 2.12 bits per heavy atom. The Labute approximate surface area is 146 Å². The number of nitrogens with one attached hydrogen (secondary N) is 1. The summed E-state index contributed by atoms with van der Waals surface area (Å²) in [6, 6.07) is 9.87. The lowest BCUT2D eigenvalue weighted by Crippen LogP contribution is -2.36. The first-order valence-corrected chi connectivity index (χ1v) is 8.73. The highest BCUT2D eigenvalue weighted by molar-refractivity contribution is 5.78. The zero-order valence-corrected chi connectivity index (χ0v) is 14.1. The van der Waals surface area contributed by atoms with Crippen molar-refractivity contribution in [3.8, 4) is 11.5 Å². The molecule has 1 saturated heterocycles. The van der Waals surface area contributed by atoms with Gasteiger partial charge in [-0.15, -0.1) is 0 Å². The summed E-state index contributed by atoms with van der Waals surface area (Å²) in [6.07, 6.45) is 3.70. The van der Waals surface area contributed by atoms with Crippen LogP contribution in [0.5, 0.6) is 11.5 Å². The van der Waals surface area contributed by atoms with Crippen LogP contribution in [0.15, 0.2) is 41.0 Å². The molecule has 0 spiro atoms. The Bertz CT molecular complexity index is 729. The molecule has 6 heteroatoms. The topological polar surface area (TPSA) is 63.9 Å². The normalized spacial score (nSPS) is 19.8. The number of ether oxygens (including phenoxy) is 2. The highest BCUT2D eigenvalue weighted by Crippen LogP contribution is 2.42. The van der Waals surface area contributed by atoms with Gasteiger partial charge in [-0.05, 0) is 37.6 Å². The minimum atomic E-state index is 0.00488. The lowest BCUT2D eigenvalue weighted by Gasteiger charge is -2.28. The van der Waals surface area contributed by atoms with Crippen LogP contribution in [0.25, 0.3) is 0 Å². The van der Waals surface area contributed by atoms with Gasteiger partial charge in [0.1, 0.15) is 19.0 Å². The van der Waals surface area contributed by atoms with Gasteiger partial charge in [0.25, 0.3) is 0 Å². The van der Waals surface area contributed by atoms with E-state index in [2.05, 4.69) is 16.3 Å². The molecule has 1 N–H and O–H groups in total. The molecular weight excluding hydrogens is 320 g/mol. The van der Waals surface area contributed by atoms with Crippen molar-refractivity contribution in [2.75, 3.05) is 26.3 Å². The van der Waals surface area contributed by atoms with Gasteiger partial charge in [0.15, 0.2) is 11.5 Å². The van der Waals surface area contributed by atoms with E-state index in [1.807, 2.05) is 24.3 Å². The monoisotopic (exact) mass is 342 g/mol. The number of hydrogen-bond acceptors (Lipinski definition) is 5. The molecule has 4 rings (SSSR count). The Morgan fingerprint density at radius 1 is 1.20 bits per heavy atom. The Kier molecular flexibility index (Phi) is 4.61. The maximum atomic E-state index is 12.3. The van der Waals surface area contributed by atoms with Crippen molar-refractivity contribution in [1.29, 1.82) is 0 Å². The highest BCUT2D eigenvalue weighted by Gasteiger charge is 2.31. The predicted octanol–water partition coefficient (Wildman–Crippen LogP) is 2.50. The Balaban J connectivity index is 1.43. The molecule has 2 aliphatic heterocycles. The second-order valence-corrected chi connectivity index (χ2v) is 6.36. The molecule has 6 nitrogen and oxygen atoms in total. The maximum absolute atomic E-state index is 12.3. The number of fused-ring (bicyclic) bond motifs is 1. The van der Waals surface area contributed by atoms with Crippen LogP contribution in [0.4, 0.5) is 0 Å². The largest absolute Gasteiger partial charge is 0.486 e. The maximum Gasteiger partial charge on any atom is 0.234 e. The molecule has 3 heterocycles. The van der Waals surface area contributed by atoms with Crippen molar-refractivity contribution < 1.29 is 18.7 Å². The van der Waals surface area contributed by atoms with Crippen LogP contribution in [-0.2, 0) is 11.3 Å². The molecule has 25 heavy (non-hydrogen) atoms.